The second-order valence-corrected chi connectivity index (χ2v) is 6.69. The van der Waals surface area contributed by atoms with Gasteiger partial charge in [-0.05, 0) is 36.4 Å². The van der Waals surface area contributed by atoms with E-state index in [1.807, 2.05) is 0 Å². The molecular formula is C17H18N4O4S. The summed E-state index contributed by atoms with van der Waals surface area (Å²) in [5.41, 5.74) is 11.3. The number of ketones is 1. The number of benzene rings is 2. The number of hydrogen-bond acceptors (Lipinski definition) is 5. The molecule has 0 radical (unpaired) electrons. The van der Waals surface area contributed by atoms with Crippen molar-refractivity contribution in [3.8, 4) is 5.75 Å². The van der Waals surface area contributed by atoms with Gasteiger partial charge in [0.2, 0.25) is 5.96 Å². The Hall–Kier alpha value is -3.33. The average Bonchev–Trinajstić information content (AvgIpc) is 2.61. The van der Waals surface area contributed by atoms with Crippen LogP contribution in [0.1, 0.15) is 10.4 Å². The minimum Gasteiger partial charge on any atom is -0.497 e. The molecule has 0 aliphatic heterocycles. The van der Waals surface area contributed by atoms with Crippen LogP contribution >= 0.6 is 0 Å². The maximum atomic E-state index is 12.1. The van der Waals surface area contributed by atoms with E-state index in [9.17, 15) is 13.2 Å². The predicted molar refractivity (Wildman–Crippen MR) is 99.5 cm³/mol. The van der Waals surface area contributed by atoms with E-state index in [0.717, 1.165) is 0 Å². The first kappa shape index (κ1) is 19.0. The molecule has 0 aliphatic rings. The summed E-state index contributed by atoms with van der Waals surface area (Å²) in [5.74, 6) is -0.149. The van der Waals surface area contributed by atoms with Gasteiger partial charge in [0, 0.05) is 23.5 Å². The van der Waals surface area contributed by atoms with Crippen LogP contribution < -0.4 is 21.5 Å². The third-order valence-corrected chi connectivity index (χ3v) is 4.54. The first-order chi connectivity index (χ1) is 12.3. The van der Waals surface area contributed by atoms with E-state index in [-0.39, 0.29) is 10.7 Å². The van der Waals surface area contributed by atoms with Crippen LogP contribution in [0.25, 0.3) is 0 Å². The van der Waals surface area contributed by atoms with E-state index >= 15 is 0 Å². The average molecular weight is 374 g/mol. The molecule has 2 aromatic rings. The number of nitrogens with one attached hydrogen (secondary N) is 1. The van der Waals surface area contributed by atoms with Crippen LogP contribution in [0.5, 0.6) is 5.75 Å². The van der Waals surface area contributed by atoms with Crippen LogP contribution in [-0.4, -0.2) is 27.3 Å². The molecule has 0 fully saturated rings. The molecule has 0 saturated heterocycles. The molecule has 2 aromatic carbocycles. The van der Waals surface area contributed by atoms with Crippen LogP contribution in [-0.2, 0) is 10.0 Å². The van der Waals surface area contributed by atoms with Gasteiger partial charge in [-0.1, -0.05) is 12.1 Å². The Bertz CT molecular complexity index is 947. The summed E-state index contributed by atoms with van der Waals surface area (Å²) < 4.78 is 31.9. The molecule has 0 aromatic heterocycles. The van der Waals surface area contributed by atoms with Gasteiger partial charge in [0.15, 0.2) is 5.78 Å². The molecule has 9 heteroatoms. The van der Waals surface area contributed by atoms with Crippen LogP contribution in [0.4, 0.5) is 5.69 Å². The van der Waals surface area contributed by atoms with Crippen molar-refractivity contribution in [2.24, 2.45) is 15.9 Å². The van der Waals surface area contributed by atoms with E-state index in [0.29, 0.717) is 17.0 Å². The Balaban J connectivity index is 2.04. The molecule has 0 spiro atoms. The minimum atomic E-state index is -3.93. The van der Waals surface area contributed by atoms with Gasteiger partial charge in [-0.2, -0.15) is 8.42 Å². The normalized spacial score (nSPS) is 11.1. The quantitative estimate of drug-likeness (QED) is 0.289. The van der Waals surface area contributed by atoms with Crippen molar-refractivity contribution in [1.29, 1.82) is 0 Å². The van der Waals surface area contributed by atoms with Crippen molar-refractivity contribution < 1.29 is 17.9 Å². The number of allylic oxidation sites excluding steroid dienone is 1. The molecular weight excluding hydrogens is 356 g/mol. The third kappa shape index (κ3) is 5.08. The van der Waals surface area contributed by atoms with Crippen molar-refractivity contribution in [2.75, 3.05) is 12.4 Å². The summed E-state index contributed by atoms with van der Waals surface area (Å²) in [6.07, 6.45) is 2.82. The zero-order valence-corrected chi connectivity index (χ0v) is 14.7. The number of nitrogens with zero attached hydrogens (tertiary/aromatic N) is 1. The lowest BCUT2D eigenvalue weighted by molar-refractivity contribution is 0.104. The van der Waals surface area contributed by atoms with Gasteiger partial charge < -0.3 is 21.5 Å². The van der Waals surface area contributed by atoms with Crippen molar-refractivity contribution in [3.63, 3.8) is 0 Å². The number of ether oxygens (including phenoxy) is 1. The fourth-order valence-corrected chi connectivity index (χ4v) is 2.86. The number of methoxy groups -OCH3 is 1. The first-order valence-corrected chi connectivity index (χ1v) is 8.83. The molecule has 8 nitrogen and oxygen atoms in total. The van der Waals surface area contributed by atoms with Gasteiger partial charge in [-0.15, -0.1) is 4.40 Å². The number of carbonyl (C=O) groups is 1. The zero-order valence-electron chi connectivity index (χ0n) is 13.9. The predicted octanol–water partition coefficient (Wildman–Crippen LogP) is 1.47. The van der Waals surface area contributed by atoms with Crippen molar-refractivity contribution in [3.05, 3.63) is 66.4 Å². The highest BCUT2D eigenvalue weighted by atomic mass is 32.2. The summed E-state index contributed by atoms with van der Waals surface area (Å²) >= 11 is 0. The summed E-state index contributed by atoms with van der Waals surface area (Å²) in [6.45, 7) is 0. The molecule has 136 valence electrons. The lowest BCUT2D eigenvalue weighted by atomic mass is 10.1. The molecule has 0 amide bonds. The number of anilines is 1. The number of nitrogens with two attached hydrogens (primary N) is 2. The summed E-state index contributed by atoms with van der Waals surface area (Å²) in [7, 11) is -2.40. The molecule has 0 saturated carbocycles. The summed E-state index contributed by atoms with van der Waals surface area (Å²) in [4.78, 5) is 12.0. The molecule has 5 N–H and O–H groups in total. The van der Waals surface area contributed by atoms with Gasteiger partial charge in [-0.3, -0.25) is 4.79 Å². The number of rotatable bonds is 7. The molecule has 0 atom stereocenters. The second kappa shape index (κ2) is 8.17. The van der Waals surface area contributed by atoms with Gasteiger partial charge in [0.05, 0.1) is 12.0 Å². The minimum absolute atomic E-state index is 0.0483. The van der Waals surface area contributed by atoms with Gasteiger partial charge in [0.25, 0.3) is 10.0 Å². The largest absolute Gasteiger partial charge is 0.497 e. The van der Waals surface area contributed by atoms with Crippen molar-refractivity contribution >= 4 is 27.5 Å². The SMILES string of the molecule is COc1cccc(C(=O)/C=C\Nc2ccc(S(=O)(=O)N=C(N)N)cc2)c1. The maximum Gasteiger partial charge on any atom is 0.285 e. The fourth-order valence-electron chi connectivity index (χ4n) is 2.00. The maximum absolute atomic E-state index is 12.1. The van der Waals surface area contributed by atoms with Crippen LogP contribution in [0, 0.1) is 0 Å². The lowest BCUT2D eigenvalue weighted by Gasteiger charge is -2.03. The van der Waals surface area contributed by atoms with Gasteiger partial charge in [0.1, 0.15) is 5.75 Å². The number of guanidine groups is 1. The van der Waals surface area contributed by atoms with E-state index < -0.39 is 16.0 Å². The molecule has 0 unspecified atom stereocenters. The fraction of sp³-hybridized carbons (Fsp3) is 0.0588. The molecule has 2 rings (SSSR count). The van der Waals surface area contributed by atoms with E-state index in [1.54, 1.807) is 24.3 Å². The zero-order chi connectivity index (χ0) is 19.2. The van der Waals surface area contributed by atoms with E-state index in [2.05, 4.69) is 9.71 Å². The molecule has 0 aliphatic carbocycles. The highest BCUT2D eigenvalue weighted by molar-refractivity contribution is 7.90. The second-order valence-electron chi connectivity index (χ2n) is 5.09. The van der Waals surface area contributed by atoms with Crippen molar-refractivity contribution in [1.82, 2.24) is 0 Å². The van der Waals surface area contributed by atoms with Gasteiger partial charge >= 0.3 is 0 Å². The topological polar surface area (TPSA) is 137 Å². The van der Waals surface area contributed by atoms with Crippen LogP contribution in [0.3, 0.4) is 0 Å². The Morgan fingerprint density at radius 3 is 2.46 bits per heavy atom. The first-order valence-electron chi connectivity index (χ1n) is 7.39. The number of sulfonamides is 1. The van der Waals surface area contributed by atoms with E-state index in [1.165, 1.54) is 43.7 Å². The molecule has 0 heterocycles. The lowest BCUT2D eigenvalue weighted by Crippen LogP contribution is -2.24. The molecule has 26 heavy (non-hydrogen) atoms. The highest BCUT2D eigenvalue weighted by Crippen LogP contribution is 2.16. The van der Waals surface area contributed by atoms with Crippen molar-refractivity contribution in [2.45, 2.75) is 4.90 Å². The Morgan fingerprint density at radius 1 is 1.15 bits per heavy atom. The Labute approximate surface area is 151 Å². The number of carbonyl (C=O) groups excluding carboxylic acids is 1. The monoisotopic (exact) mass is 374 g/mol. The Morgan fingerprint density at radius 2 is 1.85 bits per heavy atom. The van der Waals surface area contributed by atoms with Crippen LogP contribution in [0.15, 0.2) is 70.1 Å². The summed E-state index contributed by atoms with van der Waals surface area (Å²) in [5, 5.41) is 2.88. The standard InChI is InChI=1S/C17H18N4O4S/c1-25-14-4-2-3-12(11-14)16(22)9-10-20-13-5-7-15(8-6-13)26(23,24)21-17(18)19/h2-11,20H,1H3,(H4,18,19,21)/b10-9-. The van der Waals surface area contributed by atoms with Gasteiger partial charge in [-0.25, -0.2) is 0 Å². The smallest absolute Gasteiger partial charge is 0.285 e. The Kier molecular flexibility index (Phi) is 5.97. The number of hydrogen-bond donors (Lipinski definition) is 3. The van der Waals surface area contributed by atoms with E-state index in [4.69, 9.17) is 16.2 Å². The van der Waals surface area contributed by atoms with Crippen LogP contribution in [0.2, 0.25) is 0 Å². The summed E-state index contributed by atoms with van der Waals surface area (Å²) in [6, 6.07) is 12.5. The third-order valence-electron chi connectivity index (χ3n) is 3.22. The highest BCUT2D eigenvalue weighted by Gasteiger charge is 2.12. The molecule has 0 bridgehead atoms.